The van der Waals surface area contributed by atoms with Crippen molar-refractivity contribution in [1.82, 2.24) is 9.97 Å². The maximum atomic E-state index is 13.0. The summed E-state index contributed by atoms with van der Waals surface area (Å²) in [6.45, 7) is 1.92. The fraction of sp³-hybridized carbons (Fsp3) is 0.167. The van der Waals surface area contributed by atoms with E-state index in [9.17, 15) is 8.78 Å². The van der Waals surface area contributed by atoms with Crippen LogP contribution in [0.15, 0.2) is 28.9 Å². The maximum Gasteiger partial charge on any atom is 0.135 e. The van der Waals surface area contributed by atoms with Crippen molar-refractivity contribution in [2.24, 2.45) is 0 Å². The van der Waals surface area contributed by atoms with Crippen LogP contribution in [0, 0.1) is 11.6 Å². The zero-order valence-electron chi connectivity index (χ0n) is 9.54. The second kappa shape index (κ2) is 5.39. The number of aryl methyl sites for hydroxylation is 1. The van der Waals surface area contributed by atoms with Crippen LogP contribution in [0.2, 0.25) is 0 Å². The molecule has 0 atom stereocenters. The predicted octanol–water partition coefficient (Wildman–Crippen LogP) is 3.82. The van der Waals surface area contributed by atoms with Crippen LogP contribution in [-0.2, 0) is 6.42 Å². The summed E-state index contributed by atoms with van der Waals surface area (Å²) in [4.78, 5) is 8.36. The van der Waals surface area contributed by atoms with Crippen molar-refractivity contribution in [2.45, 2.75) is 13.3 Å². The van der Waals surface area contributed by atoms with Gasteiger partial charge in [0.05, 0.1) is 0 Å². The Hall–Kier alpha value is -1.56. The van der Waals surface area contributed by atoms with Crippen LogP contribution in [0.5, 0.6) is 0 Å². The highest BCUT2D eigenvalue weighted by Crippen LogP contribution is 2.20. The van der Waals surface area contributed by atoms with Crippen molar-refractivity contribution in [3.8, 4) is 0 Å². The zero-order chi connectivity index (χ0) is 13.1. The lowest BCUT2D eigenvalue weighted by atomic mass is 10.3. The van der Waals surface area contributed by atoms with E-state index in [1.807, 2.05) is 6.92 Å². The highest BCUT2D eigenvalue weighted by Gasteiger charge is 2.04. The van der Waals surface area contributed by atoms with Crippen LogP contribution in [-0.4, -0.2) is 9.97 Å². The fourth-order valence-electron chi connectivity index (χ4n) is 1.46. The van der Waals surface area contributed by atoms with Crippen molar-refractivity contribution in [3.05, 3.63) is 46.3 Å². The molecule has 6 heteroatoms. The highest BCUT2D eigenvalue weighted by molar-refractivity contribution is 9.10. The molecule has 0 saturated carbocycles. The lowest BCUT2D eigenvalue weighted by Crippen LogP contribution is -2.00. The smallest absolute Gasteiger partial charge is 0.135 e. The van der Waals surface area contributed by atoms with Gasteiger partial charge < -0.3 is 5.32 Å². The molecule has 0 fully saturated rings. The van der Waals surface area contributed by atoms with Crippen LogP contribution in [0.25, 0.3) is 0 Å². The van der Waals surface area contributed by atoms with E-state index in [4.69, 9.17) is 0 Å². The van der Waals surface area contributed by atoms with E-state index in [1.54, 1.807) is 6.07 Å². The zero-order valence-corrected chi connectivity index (χ0v) is 11.1. The van der Waals surface area contributed by atoms with Gasteiger partial charge in [0.15, 0.2) is 0 Å². The summed E-state index contributed by atoms with van der Waals surface area (Å²) in [6, 6.07) is 4.86. The summed E-state index contributed by atoms with van der Waals surface area (Å²) < 4.78 is 26.7. The van der Waals surface area contributed by atoms with Gasteiger partial charge in [0, 0.05) is 24.2 Å². The first-order valence-electron chi connectivity index (χ1n) is 5.33. The number of nitrogens with one attached hydrogen (secondary N) is 1. The molecule has 0 radical (unpaired) electrons. The van der Waals surface area contributed by atoms with Crippen molar-refractivity contribution < 1.29 is 8.78 Å². The third kappa shape index (κ3) is 3.22. The Morgan fingerprint density at radius 3 is 2.39 bits per heavy atom. The topological polar surface area (TPSA) is 37.8 Å². The van der Waals surface area contributed by atoms with Gasteiger partial charge in [-0.2, -0.15) is 0 Å². The Bertz CT molecular complexity index is 555. The number of benzene rings is 1. The third-order valence-electron chi connectivity index (χ3n) is 2.19. The minimum atomic E-state index is -0.638. The highest BCUT2D eigenvalue weighted by atomic mass is 79.9. The molecule has 0 aliphatic heterocycles. The molecular formula is C12H10BrF2N3. The standard InChI is InChI=1S/C12H10BrF2N3/c1-2-11-17-10(13)6-12(18-11)16-9-4-7(14)3-8(15)5-9/h3-6H,2H2,1H3,(H,16,17,18). The number of aromatic nitrogens is 2. The molecule has 2 rings (SSSR count). The third-order valence-corrected chi connectivity index (χ3v) is 2.60. The minimum absolute atomic E-state index is 0.306. The van der Waals surface area contributed by atoms with Crippen molar-refractivity contribution >= 4 is 27.4 Å². The van der Waals surface area contributed by atoms with E-state index in [-0.39, 0.29) is 0 Å². The molecule has 2 aromatic rings. The molecule has 94 valence electrons. The van der Waals surface area contributed by atoms with Gasteiger partial charge >= 0.3 is 0 Å². The lowest BCUT2D eigenvalue weighted by Gasteiger charge is -2.07. The first kappa shape index (κ1) is 12.9. The Kier molecular flexibility index (Phi) is 3.86. The molecule has 0 spiro atoms. The molecule has 0 aliphatic rings. The number of halogens is 3. The molecule has 0 bridgehead atoms. The molecule has 1 aromatic carbocycles. The van der Waals surface area contributed by atoms with Crippen molar-refractivity contribution in [1.29, 1.82) is 0 Å². The minimum Gasteiger partial charge on any atom is -0.340 e. The van der Waals surface area contributed by atoms with Crippen molar-refractivity contribution in [2.75, 3.05) is 5.32 Å². The number of rotatable bonds is 3. The molecule has 1 N–H and O–H groups in total. The Morgan fingerprint density at radius 2 is 1.78 bits per heavy atom. The second-order valence-corrected chi connectivity index (χ2v) is 4.44. The van der Waals surface area contributed by atoms with Gasteiger partial charge in [0.1, 0.15) is 27.9 Å². The lowest BCUT2D eigenvalue weighted by molar-refractivity contribution is 0.584. The number of anilines is 2. The summed E-state index contributed by atoms with van der Waals surface area (Å²) >= 11 is 3.26. The first-order chi connectivity index (χ1) is 8.56. The van der Waals surface area contributed by atoms with Gasteiger partial charge in [-0.15, -0.1) is 0 Å². The van der Waals surface area contributed by atoms with E-state index in [0.29, 0.717) is 28.4 Å². The summed E-state index contributed by atoms with van der Waals surface area (Å²) in [7, 11) is 0. The summed E-state index contributed by atoms with van der Waals surface area (Å²) in [6.07, 6.45) is 0.672. The molecule has 3 nitrogen and oxygen atoms in total. The van der Waals surface area contributed by atoms with E-state index < -0.39 is 11.6 Å². The average molecular weight is 314 g/mol. The largest absolute Gasteiger partial charge is 0.340 e. The Labute approximate surface area is 111 Å². The number of hydrogen-bond acceptors (Lipinski definition) is 3. The maximum absolute atomic E-state index is 13.0. The normalized spacial score (nSPS) is 10.4. The van der Waals surface area contributed by atoms with E-state index in [1.165, 1.54) is 12.1 Å². The van der Waals surface area contributed by atoms with Gasteiger partial charge in [0.25, 0.3) is 0 Å². The van der Waals surface area contributed by atoms with Crippen LogP contribution in [0.4, 0.5) is 20.3 Å². The SMILES string of the molecule is CCc1nc(Br)cc(Nc2cc(F)cc(F)c2)n1. The van der Waals surface area contributed by atoms with E-state index >= 15 is 0 Å². The summed E-state index contributed by atoms with van der Waals surface area (Å²) in [5.41, 5.74) is 0.306. The van der Waals surface area contributed by atoms with Crippen LogP contribution < -0.4 is 5.32 Å². The van der Waals surface area contributed by atoms with Crippen LogP contribution in [0.1, 0.15) is 12.7 Å². The quantitative estimate of drug-likeness (QED) is 0.875. The van der Waals surface area contributed by atoms with Gasteiger partial charge in [-0.3, -0.25) is 0 Å². The predicted molar refractivity (Wildman–Crippen MR) is 68.8 cm³/mol. The average Bonchev–Trinajstić information content (AvgIpc) is 2.26. The molecule has 0 unspecified atom stereocenters. The molecule has 0 saturated heterocycles. The van der Waals surface area contributed by atoms with Crippen LogP contribution in [0.3, 0.4) is 0 Å². The van der Waals surface area contributed by atoms with Crippen molar-refractivity contribution in [3.63, 3.8) is 0 Å². The molecule has 1 aromatic heterocycles. The van der Waals surface area contributed by atoms with Gasteiger partial charge in [-0.1, -0.05) is 6.92 Å². The van der Waals surface area contributed by atoms with E-state index in [0.717, 1.165) is 6.07 Å². The second-order valence-electron chi connectivity index (χ2n) is 3.63. The van der Waals surface area contributed by atoms with Gasteiger partial charge in [-0.25, -0.2) is 18.7 Å². The fourth-order valence-corrected chi connectivity index (χ4v) is 1.88. The van der Waals surface area contributed by atoms with Gasteiger partial charge in [0.2, 0.25) is 0 Å². The Morgan fingerprint density at radius 1 is 1.11 bits per heavy atom. The van der Waals surface area contributed by atoms with Crippen LogP contribution >= 0.6 is 15.9 Å². The molecular weight excluding hydrogens is 304 g/mol. The number of hydrogen-bond donors (Lipinski definition) is 1. The summed E-state index contributed by atoms with van der Waals surface area (Å²) in [5.74, 6) is -0.148. The molecule has 18 heavy (non-hydrogen) atoms. The van der Waals surface area contributed by atoms with Gasteiger partial charge in [-0.05, 0) is 28.1 Å². The van der Waals surface area contributed by atoms with E-state index in [2.05, 4.69) is 31.2 Å². The molecule has 0 aliphatic carbocycles. The Balaban J connectivity index is 2.30. The first-order valence-corrected chi connectivity index (χ1v) is 6.12. The monoisotopic (exact) mass is 313 g/mol. The molecule has 0 amide bonds. The number of nitrogens with zero attached hydrogens (tertiary/aromatic N) is 2. The summed E-state index contributed by atoms with van der Waals surface area (Å²) in [5, 5.41) is 2.84. The molecule has 1 heterocycles.